The monoisotopic (exact) mass is 605 g/mol. The van der Waals surface area contributed by atoms with Gasteiger partial charge in [-0.15, -0.1) is 0 Å². The minimum absolute atomic E-state index is 0.00795. The molecule has 4 aliphatic rings. The van der Waals surface area contributed by atoms with E-state index in [-0.39, 0.29) is 29.7 Å². The van der Waals surface area contributed by atoms with E-state index in [0.717, 1.165) is 43.0 Å². The third kappa shape index (κ3) is 4.86. The number of aromatic nitrogens is 2. The number of hydrogen-bond acceptors (Lipinski definition) is 8. The number of phenols is 1. The summed E-state index contributed by atoms with van der Waals surface area (Å²) in [6.45, 7) is -0.0744. The Morgan fingerprint density at radius 1 is 1.00 bits per heavy atom. The van der Waals surface area contributed by atoms with Crippen LogP contribution in [0.2, 0.25) is 0 Å². The van der Waals surface area contributed by atoms with Gasteiger partial charge in [-0.1, -0.05) is 24.3 Å². The molecule has 4 saturated heterocycles. The van der Waals surface area contributed by atoms with Gasteiger partial charge in [0.2, 0.25) is 0 Å². The number of halogens is 3. The molecule has 4 aromatic rings. The summed E-state index contributed by atoms with van der Waals surface area (Å²) in [6.07, 6.45) is 3.53. The van der Waals surface area contributed by atoms with Crippen molar-refractivity contribution in [3.63, 3.8) is 0 Å². The number of benzene rings is 3. The summed E-state index contributed by atoms with van der Waals surface area (Å²) < 4.78 is 53.6. The van der Waals surface area contributed by atoms with Crippen LogP contribution in [0.3, 0.4) is 0 Å². The molecule has 2 bridgehead atoms. The molecule has 1 aromatic heterocycles. The van der Waals surface area contributed by atoms with Gasteiger partial charge in [-0.2, -0.15) is 18.7 Å². The van der Waals surface area contributed by atoms with Crippen LogP contribution in [0.4, 0.5) is 19.0 Å². The van der Waals surface area contributed by atoms with E-state index >= 15 is 0 Å². The zero-order valence-electron chi connectivity index (χ0n) is 24.2. The van der Waals surface area contributed by atoms with Crippen molar-refractivity contribution in [3.05, 3.63) is 48.5 Å². The molecule has 0 spiro atoms. The Bertz CT molecular complexity index is 1730. The number of nitrogens with one attached hydrogen (secondary N) is 1. The van der Waals surface area contributed by atoms with E-state index in [9.17, 15) is 18.3 Å². The van der Waals surface area contributed by atoms with Gasteiger partial charge in [0.1, 0.15) is 30.1 Å². The largest absolute Gasteiger partial charge is 0.508 e. The van der Waals surface area contributed by atoms with Crippen molar-refractivity contribution >= 4 is 27.5 Å². The third-order valence-electron chi connectivity index (χ3n) is 9.86. The van der Waals surface area contributed by atoms with Crippen molar-refractivity contribution in [2.75, 3.05) is 37.7 Å². The molecule has 0 radical (unpaired) electrons. The van der Waals surface area contributed by atoms with Gasteiger partial charge in [0.15, 0.2) is 0 Å². The maximum atomic E-state index is 14.5. The number of phenolic OH excluding ortho intramolecular Hbond substituents is 1. The molecule has 0 saturated carbocycles. The molecule has 3 aromatic carbocycles. The van der Waals surface area contributed by atoms with Gasteiger partial charge >= 0.3 is 12.6 Å². The maximum absolute atomic E-state index is 14.5. The minimum Gasteiger partial charge on any atom is -0.508 e. The molecule has 8 rings (SSSR count). The standard InChI is InChI=1S/C33H34F3N5O3/c34-20-14-33(8-3-9-41(33)15-20)18-43-32-38-28-12-26(25-11-23(42)10-19-4-1-2-5-24(19)25)29(44-31(35)36)13-27(28)30(39-32)40-16-21-6-7-22(17-40)37-21/h1-2,4-5,10-13,20-22,31,37,42H,3,6-9,14-18H2. The first-order valence-corrected chi connectivity index (χ1v) is 15.4. The first kappa shape index (κ1) is 27.7. The number of aromatic hydroxyl groups is 1. The van der Waals surface area contributed by atoms with E-state index in [2.05, 4.69) is 15.1 Å². The van der Waals surface area contributed by atoms with Crippen molar-refractivity contribution in [2.45, 2.75) is 62.5 Å². The number of nitrogens with zero attached hydrogens (tertiary/aromatic N) is 4. The summed E-state index contributed by atoms with van der Waals surface area (Å²) in [4.78, 5) is 14.0. The van der Waals surface area contributed by atoms with Crippen LogP contribution in [-0.4, -0.2) is 83.2 Å². The lowest BCUT2D eigenvalue weighted by Crippen LogP contribution is -2.51. The highest BCUT2D eigenvalue weighted by atomic mass is 19.3. The number of piperazine rings is 1. The fourth-order valence-corrected chi connectivity index (χ4v) is 7.96. The van der Waals surface area contributed by atoms with Gasteiger partial charge in [-0.3, -0.25) is 4.90 Å². The second-order valence-corrected chi connectivity index (χ2v) is 12.7. The smallest absolute Gasteiger partial charge is 0.387 e. The van der Waals surface area contributed by atoms with Crippen molar-refractivity contribution in [1.82, 2.24) is 20.2 Å². The average molecular weight is 606 g/mol. The second-order valence-electron chi connectivity index (χ2n) is 12.7. The van der Waals surface area contributed by atoms with Crippen molar-refractivity contribution in [3.8, 4) is 28.6 Å². The molecule has 0 aliphatic carbocycles. The molecule has 4 unspecified atom stereocenters. The highest BCUT2D eigenvalue weighted by molar-refractivity contribution is 6.03. The second kappa shape index (κ2) is 10.7. The summed E-state index contributed by atoms with van der Waals surface area (Å²) in [5.74, 6) is 0.583. The molecule has 8 nitrogen and oxygen atoms in total. The molecule has 2 N–H and O–H groups in total. The highest BCUT2D eigenvalue weighted by Crippen LogP contribution is 2.44. The van der Waals surface area contributed by atoms with Crippen molar-refractivity contribution in [1.29, 1.82) is 0 Å². The number of rotatable bonds is 7. The van der Waals surface area contributed by atoms with Crippen LogP contribution < -0.4 is 19.7 Å². The van der Waals surface area contributed by atoms with Crippen LogP contribution in [0.5, 0.6) is 17.5 Å². The zero-order valence-corrected chi connectivity index (χ0v) is 24.2. The van der Waals surface area contributed by atoms with Gasteiger partial charge in [0.05, 0.1) is 11.1 Å². The Labute approximate surface area is 252 Å². The molecule has 11 heteroatoms. The molecular weight excluding hydrogens is 571 g/mol. The summed E-state index contributed by atoms with van der Waals surface area (Å²) in [5.41, 5.74) is 1.06. The maximum Gasteiger partial charge on any atom is 0.387 e. The van der Waals surface area contributed by atoms with Gasteiger partial charge in [0.25, 0.3) is 0 Å². The molecule has 230 valence electrons. The molecular formula is C33H34F3N5O3. The summed E-state index contributed by atoms with van der Waals surface area (Å²) >= 11 is 0. The number of anilines is 1. The van der Waals surface area contributed by atoms with Crippen LogP contribution in [0.25, 0.3) is 32.8 Å². The van der Waals surface area contributed by atoms with Crippen LogP contribution in [0.1, 0.15) is 32.1 Å². The quantitative estimate of drug-likeness (QED) is 0.280. The molecule has 44 heavy (non-hydrogen) atoms. The molecule has 4 atom stereocenters. The Morgan fingerprint density at radius 3 is 2.64 bits per heavy atom. The topological polar surface area (TPSA) is 83.0 Å². The SMILES string of the molecule is Oc1cc(-c2cc3nc(OCC45CCCN4CC(F)C5)nc(N4CC5CCC(C4)N5)c3cc2OC(F)F)c2ccccc2c1. The number of alkyl halides is 3. The predicted octanol–water partition coefficient (Wildman–Crippen LogP) is 5.65. The minimum atomic E-state index is -3.06. The fourth-order valence-electron chi connectivity index (χ4n) is 7.96. The number of hydrogen-bond donors (Lipinski definition) is 2. The number of fused-ring (bicyclic) bond motifs is 5. The lowest BCUT2D eigenvalue weighted by atomic mass is 9.95. The van der Waals surface area contributed by atoms with Gasteiger partial charge < -0.3 is 24.8 Å². The lowest BCUT2D eigenvalue weighted by Gasteiger charge is -2.34. The first-order valence-electron chi connectivity index (χ1n) is 15.4. The average Bonchev–Trinajstić information content (AvgIpc) is 3.65. The van der Waals surface area contributed by atoms with Crippen LogP contribution >= 0.6 is 0 Å². The highest BCUT2D eigenvalue weighted by Gasteiger charge is 2.49. The van der Waals surface area contributed by atoms with E-state index in [4.69, 9.17) is 19.4 Å². The Hall–Kier alpha value is -3.83. The van der Waals surface area contributed by atoms with E-state index < -0.39 is 12.8 Å². The third-order valence-corrected chi connectivity index (χ3v) is 9.86. The zero-order chi connectivity index (χ0) is 30.0. The van der Waals surface area contributed by atoms with Crippen LogP contribution in [-0.2, 0) is 0 Å². The van der Waals surface area contributed by atoms with E-state index in [1.165, 1.54) is 0 Å². The molecule has 0 amide bonds. The molecule has 5 heterocycles. The normalized spacial score (nSPS) is 26.6. The van der Waals surface area contributed by atoms with Gasteiger partial charge in [-0.25, -0.2) is 4.39 Å². The summed E-state index contributed by atoms with van der Waals surface area (Å²) in [7, 11) is 0. The predicted molar refractivity (Wildman–Crippen MR) is 161 cm³/mol. The summed E-state index contributed by atoms with van der Waals surface area (Å²) in [5, 5.41) is 16.3. The van der Waals surface area contributed by atoms with E-state index in [1.54, 1.807) is 24.3 Å². The summed E-state index contributed by atoms with van der Waals surface area (Å²) in [6, 6.07) is 14.7. The molecule has 4 fully saturated rings. The van der Waals surface area contributed by atoms with E-state index in [0.29, 0.717) is 66.0 Å². The van der Waals surface area contributed by atoms with Crippen LogP contribution in [0, 0.1) is 0 Å². The fraction of sp³-hybridized carbons (Fsp3) is 0.455. The van der Waals surface area contributed by atoms with Crippen molar-refractivity contribution in [2.24, 2.45) is 0 Å². The van der Waals surface area contributed by atoms with Crippen LogP contribution in [0.15, 0.2) is 48.5 Å². The van der Waals surface area contributed by atoms with Gasteiger partial charge in [-0.05, 0) is 72.8 Å². The van der Waals surface area contributed by atoms with E-state index in [1.807, 2.05) is 24.3 Å². The Kier molecular flexibility index (Phi) is 6.71. The first-order chi connectivity index (χ1) is 21.3. The molecule has 4 aliphatic heterocycles. The number of ether oxygens (including phenoxy) is 2. The lowest BCUT2D eigenvalue weighted by molar-refractivity contribution is -0.0493. The van der Waals surface area contributed by atoms with Crippen molar-refractivity contribution < 1.29 is 27.8 Å². The van der Waals surface area contributed by atoms with Gasteiger partial charge in [0, 0.05) is 49.1 Å². The Balaban J connectivity index is 1.27. The Morgan fingerprint density at radius 2 is 1.82 bits per heavy atom.